The minimum absolute atomic E-state index is 0.0171. The Labute approximate surface area is 163 Å². The van der Waals surface area contributed by atoms with Crippen LogP contribution in [0.1, 0.15) is 50.8 Å². The molecule has 3 unspecified atom stereocenters. The second-order valence-corrected chi connectivity index (χ2v) is 14.8. The standard InChI is InChI=1S/C21H32N2O3Si/c1-21(2,3)19-23(20(25)26)17(13-27(19,4)5)18(24)22-16-12-8-10-14-9-6-7-11-15(14)16/h6-7,9,11,16-17,19H,8,10,12-13H2,1-5H3,(H,22,24)(H,25,26). The third-order valence-corrected chi connectivity index (χ3v) is 10.2. The van der Waals surface area contributed by atoms with Crippen molar-refractivity contribution in [3.8, 4) is 0 Å². The largest absolute Gasteiger partial charge is 0.465 e. The topological polar surface area (TPSA) is 69.6 Å². The number of carbonyl (C=O) groups excluding carboxylic acids is 1. The lowest BCUT2D eigenvalue weighted by Crippen LogP contribution is -2.56. The predicted molar refractivity (Wildman–Crippen MR) is 109 cm³/mol. The van der Waals surface area contributed by atoms with Gasteiger partial charge in [0, 0.05) is 5.67 Å². The number of fused-ring (bicyclic) bond motifs is 1. The number of nitrogens with one attached hydrogen (secondary N) is 1. The Morgan fingerprint density at radius 3 is 2.52 bits per heavy atom. The molecule has 0 spiro atoms. The highest BCUT2D eigenvalue weighted by atomic mass is 28.3. The second kappa shape index (κ2) is 6.97. The van der Waals surface area contributed by atoms with E-state index in [-0.39, 0.29) is 23.0 Å². The molecule has 0 aromatic heterocycles. The normalized spacial score (nSPS) is 27.1. The van der Waals surface area contributed by atoms with Gasteiger partial charge >= 0.3 is 6.09 Å². The van der Waals surface area contributed by atoms with Gasteiger partial charge in [0.1, 0.15) is 6.04 Å². The van der Waals surface area contributed by atoms with Gasteiger partial charge in [-0.3, -0.25) is 9.69 Å². The van der Waals surface area contributed by atoms with Gasteiger partial charge in [0.25, 0.3) is 0 Å². The Morgan fingerprint density at radius 1 is 1.22 bits per heavy atom. The van der Waals surface area contributed by atoms with Crippen LogP contribution < -0.4 is 5.32 Å². The molecule has 1 saturated heterocycles. The SMILES string of the molecule is CC(C)(C)C1N(C(=O)O)C(C(=O)NC2CCCc3ccccc32)C[Si]1(C)C. The number of hydrogen-bond acceptors (Lipinski definition) is 2. The monoisotopic (exact) mass is 388 g/mol. The molecule has 0 saturated carbocycles. The Morgan fingerprint density at radius 2 is 1.89 bits per heavy atom. The number of aryl methyl sites for hydroxylation is 1. The molecule has 0 radical (unpaired) electrons. The lowest BCUT2D eigenvalue weighted by atomic mass is 9.87. The van der Waals surface area contributed by atoms with E-state index in [0.717, 1.165) is 19.3 Å². The zero-order valence-corrected chi connectivity index (χ0v) is 18.1. The maximum Gasteiger partial charge on any atom is 0.407 e. The number of benzene rings is 1. The molecule has 2 amide bonds. The Balaban J connectivity index is 1.85. The average molecular weight is 389 g/mol. The molecule has 3 atom stereocenters. The summed E-state index contributed by atoms with van der Waals surface area (Å²) in [7, 11) is -1.91. The summed E-state index contributed by atoms with van der Waals surface area (Å²) in [6, 6.07) is 8.33. The maximum atomic E-state index is 13.2. The van der Waals surface area contributed by atoms with Gasteiger partial charge in [-0.1, -0.05) is 58.1 Å². The van der Waals surface area contributed by atoms with Gasteiger partial charge < -0.3 is 10.4 Å². The van der Waals surface area contributed by atoms with E-state index in [9.17, 15) is 14.7 Å². The molecule has 27 heavy (non-hydrogen) atoms. The van der Waals surface area contributed by atoms with Crippen LogP contribution >= 0.6 is 0 Å². The van der Waals surface area contributed by atoms with Crippen molar-refractivity contribution in [3.63, 3.8) is 0 Å². The van der Waals surface area contributed by atoms with Crippen molar-refractivity contribution >= 4 is 20.1 Å². The van der Waals surface area contributed by atoms with Gasteiger partial charge in [-0.2, -0.15) is 0 Å². The summed E-state index contributed by atoms with van der Waals surface area (Å²) in [4.78, 5) is 26.8. The number of carboxylic acid groups (broad SMARTS) is 1. The molecule has 5 nitrogen and oxygen atoms in total. The van der Waals surface area contributed by atoms with Crippen LogP contribution in [0.3, 0.4) is 0 Å². The quantitative estimate of drug-likeness (QED) is 0.746. The summed E-state index contributed by atoms with van der Waals surface area (Å²) >= 11 is 0. The van der Waals surface area contributed by atoms with E-state index in [4.69, 9.17) is 0 Å². The first-order chi connectivity index (χ1) is 12.5. The minimum Gasteiger partial charge on any atom is -0.465 e. The van der Waals surface area contributed by atoms with E-state index < -0.39 is 20.2 Å². The fourth-order valence-corrected chi connectivity index (χ4v) is 10.5. The summed E-state index contributed by atoms with van der Waals surface area (Å²) < 4.78 is 0. The van der Waals surface area contributed by atoms with Crippen molar-refractivity contribution < 1.29 is 14.7 Å². The molecule has 1 aliphatic carbocycles. The van der Waals surface area contributed by atoms with Gasteiger partial charge in [0.15, 0.2) is 0 Å². The van der Waals surface area contributed by atoms with Crippen molar-refractivity contribution in [3.05, 3.63) is 35.4 Å². The summed E-state index contributed by atoms with van der Waals surface area (Å²) in [5.74, 6) is -0.133. The minimum atomic E-state index is -1.91. The first kappa shape index (κ1) is 19.9. The van der Waals surface area contributed by atoms with E-state index in [2.05, 4.69) is 51.3 Å². The van der Waals surface area contributed by atoms with Crippen molar-refractivity contribution in [2.45, 2.75) is 76.9 Å². The molecule has 2 aliphatic rings. The summed E-state index contributed by atoms with van der Waals surface area (Å²) in [5.41, 5.74) is 2.22. The highest BCUT2D eigenvalue weighted by Crippen LogP contribution is 2.42. The van der Waals surface area contributed by atoms with Crippen LogP contribution in [0.5, 0.6) is 0 Å². The fourth-order valence-electron chi connectivity index (χ4n) is 5.49. The summed E-state index contributed by atoms with van der Waals surface area (Å²) in [6.07, 6.45) is 2.02. The molecule has 1 aromatic carbocycles. The van der Waals surface area contributed by atoms with Crippen molar-refractivity contribution in [2.75, 3.05) is 0 Å². The van der Waals surface area contributed by atoms with Crippen molar-refractivity contribution in [1.82, 2.24) is 10.2 Å². The lowest BCUT2D eigenvalue weighted by Gasteiger charge is -2.41. The zero-order chi connectivity index (χ0) is 20.0. The number of rotatable bonds is 2. The highest BCUT2D eigenvalue weighted by molar-refractivity contribution is 6.80. The van der Waals surface area contributed by atoms with E-state index in [1.165, 1.54) is 16.0 Å². The van der Waals surface area contributed by atoms with Crippen LogP contribution in [0.2, 0.25) is 19.1 Å². The summed E-state index contributed by atoms with van der Waals surface area (Å²) in [6.45, 7) is 10.7. The molecular formula is C21H32N2O3Si. The fraction of sp³-hybridized carbons (Fsp3) is 0.619. The van der Waals surface area contributed by atoms with Gasteiger partial charge in [-0.05, 0) is 41.8 Å². The molecule has 0 bridgehead atoms. The Kier molecular flexibility index (Phi) is 5.14. The predicted octanol–water partition coefficient (Wildman–Crippen LogP) is 4.20. The Hall–Kier alpha value is -1.82. The van der Waals surface area contributed by atoms with Crippen LogP contribution in [0, 0.1) is 5.41 Å². The van der Waals surface area contributed by atoms with Crippen LogP contribution in [0.15, 0.2) is 24.3 Å². The highest BCUT2D eigenvalue weighted by Gasteiger charge is 2.56. The number of carbonyl (C=O) groups is 2. The molecule has 6 heteroatoms. The average Bonchev–Trinajstić information content (AvgIpc) is 2.87. The summed E-state index contributed by atoms with van der Waals surface area (Å²) in [5, 5.41) is 13.1. The molecule has 2 N–H and O–H groups in total. The number of nitrogens with zero attached hydrogens (tertiary/aromatic N) is 1. The second-order valence-electron chi connectivity index (χ2n) is 9.82. The van der Waals surface area contributed by atoms with Crippen LogP contribution in [-0.2, 0) is 11.2 Å². The molecule has 1 heterocycles. The molecule has 1 aliphatic heterocycles. The molecule has 148 valence electrons. The van der Waals surface area contributed by atoms with Gasteiger partial charge in [-0.15, -0.1) is 0 Å². The van der Waals surface area contributed by atoms with E-state index in [1.807, 2.05) is 12.1 Å². The number of hydrogen-bond donors (Lipinski definition) is 2. The third-order valence-electron chi connectivity index (χ3n) is 6.10. The van der Waals surface area contributed by atoms with Crippen molar-refractivity contribution in [2.24, 2.45) is 5.41 Å². The molecular weight excluding hydrogens is 356 g/mol. The number of amides is 2. The van der Waals surface area contributed by atoms with Crippen LogP contribution in [0.4, 0.5) is 4.79 Å². The van der Waals surface area contributed by atoms with Gasteiger partial charge in [-0.25, -0.2) is 4.79 Å². The molecule has 1 aromatic rings. The first-order valence-corrected chi connectivity index (χ1v) is 13.2. The van der Waals surface area contributed by atoms with E-state index in [1.54, 1.807) is 0 Å². The molecule has 1 fully saturated rings. The first-order valence-electron chi connectivity index (χ1n) is 9.92. The smallest absolute Gasteiger partial charge is 0.407 e. The van der Waals surface area contributed by atoms with E-state index >= 15 is 0 Å². The zero-order valence-electron chi connectivity index (χ0n) is 17.1. The maximum absolute atomic E-state index is 13.2. The lowest BCUT2D eigenvalue weighted by molar-refractivity contribution is -0.126. The van der Waals surface area contributed by atoms with Gasteiger partial charge in [0.2, 0.25) is 5.91 Å². The van der Waals surface area contributed by atoms with Crippen LogP contribution in [-0.4, -0.2) is 41.8 Å². The van der Waals surface area contributed by atoms with E-state index in [0.29, 0.717) is 6.04 Å². The van der Waals surface area contributed by atoms with Crippen LogP contribution in [0.25, 0.3) is 0 Å². The van der Waals surface area contributed by atoms with Crippen molar-refractivity contribution in [1.29, 1.82) is 0 Å². The third kappa shape index (κ3) is 3.77. The molecule has 3 rings (SSSR count). The van der Waals surface area contributed by atoms with Gasteiger partial charge in [0.05, 0.1) is 14.1 Å². The Bertz CT molecular complexity index is 741.